The number of hydrogen-bond acceptors (Lipinski definition) is 5. The highest BCUT2D eigenvalue weighted by Crippen LogP contribution is 2.31. The minimum absolute atomic E-state index is 0.0694. The predicted octanol–water partition coefficient (Wildman–Crippen LogP) is 3.26. The molecule has 0 saturated heterocycles. The van der Waals surface area contributed by atoms with Gasteiger partial charge in [-0.3, -0.25) is 0 Å². The summed E-state index contributed by atoms with van der Waals surface area (Å²) in [5.41, 5.74) is 9.09. The highest BCUT2D eigenvalue weighted by atomic mass is 16.5. The highest BCUT2D eigenvalue weighted by Gasteiger charge is 2.23. The summed E-state index contributed by atoms with van der Waals surface area (Å²) >= 11 is 0. The largest absolute Gasteiger partial charge is 0.464 e. The van der Waals surface area contributed by atoms with E-state index in [-0.39, 0.29) is 16.9 Å². The number of nitrogens with zero attached hydrogens (tertiary/aromatic N) is 3. The van der Waals surface area contributed by atoms with Crippen LogP contribution < -0.4 is 5.73 Å². The predicted molar refractivity (Wildman–Crippen MR) is 96.4 cm³/mol. The number of rotatable bonds is 3. The van der Waals surface area contributed by atoms with Crippen molar-refractivity contribution in [2.24, 2.45) is 0 Å². The van der Waals surface area contributed by atoms with Crippen LogP contribution >= 0.6 is 0 Å². The van der Waals surface area contributed by atoms with Crippen molar-refractivity contribution in [1.82, 2.24) is 4.57 Å². The average Bonchev–Trinajstić information content (AvgIpc) is 3.03. The van der Waals surface area contributed by atoms with Gasteiger partial charge in [-0.05, 0) is 23.8 Å². The van der Waals surface area contributed by atoms with Crippen LogP contribution in [0.15, 0.2) is 54.7 Å². The van der Waals surface area contributed by atoms with Crippen LogP contribution in [0.4, 0.5) is 5.69 Å². The van der Waals surface area contributed by atoms with Crippen LogP contribution in [0.1, 0.15) is 21.6 Å². The molecule has 0 fully saturated rings. The summed E-state index contributed by atoms with van der Waals surface area (Å²) in [6.45, 7) is 0. The van der Waals surface area contributed by atoms with Crippen LogP contribution in [0.3, 0.4) is 0 Å². The van der Waals surface area contributed by atoms with Gasteiger partial charge in [0.1, 0.15) is 6.07 Å². The lowest BCUT2D eigenvalue weighted by molar-refractivity contribution is 0.0593. The Kier molecular flexibility index (Phi) is 4.42. The number of benzene rings is 2. The Morgan fingerprint density at radius 3 is 2.58 bits per heavy atom. The summed E-state index contributed by atoms with van der Waals surface area (Å²) in [5, 5.41) is 18.4. The molecule has 0 atom stereocenters. The second-order valence-corrected chi connectivity index (χ2v) is 5.49. The van der Waals surface area contributed by atoms with E-state index in [1.165, 1.54) is 13.3 Å². The molecule has 0 aliphatic rings. The zero-order valence-electron chi connectivity index (χ0n) is 13.9. The van der Waals surface area contributed by atoms with Crippen LogP contribution in [0.5, 0.6) is 0 Å². The molecule has 0 radical (unpaired) electrons. The number of nitriles is 2. The van der Waals surface area contributed by atoms with E-state index in [1.807, 2.05) is 30.3 Å². The number of nitrogen functional groups attached to an aromatic ring is 1. The van der Waals surface area contributed by atoms with Crippen LogP contribution in [0.25, 0.3) is 16.8 Å². The number of methoxy groups -OCH3 is 1. The van der Waals surface area contributed by atoms with Crippen LogP contribution in [-0.2, 0) is 4.74 Å². The second kappa shape index (κ2) is 6.84. The van der Waals surface area contributed by atoms with Gasteiger partial charge in [-0.1, -0.05) is 30.3 Å². The fourth-order valence-corrected chi connectivity index (χ4v) is 2.79. The van der Waals surface area contributed by atoms with Crippen molar-refractivity contribution in [2.75, 3.05) is 12.8 Å². The summed E-state index contributed by atoms with van der Waals surface area (Å²) in [6, 6.07) is 18.6. The molecule has 6 nitrogen and oxygen atoms in total. The molecule has 26 heavy (non-hydrogen) atoms. The van der Waals surface area contributed by atoms with Gasteiger partial charge in [0.15, 0.2) is 5.69 Å². The Labute approximate surface area is 150 Å². The van der Waals surface area contributed by atoms with Gasteiger partial charge in [0.2, 0.25) is 0 Å². The van der Waals surface area contributed by atoms with Gasteiger partial charge in [-0.25, -0.2) is 4.79 Å². The van der Waals surface area contributed by atoms with E-state index < -0.39 is 5.97 Å². The number of anilines is 1. The minimum Gasteiger partial charge on any atom is -0.464 e. The fraction of sp³-hybridized carbons (Fsp3) is 0.0500. The summed E-state index contributed by atoms with van der Waals surface area (Å²) in [6.07, 6.45) is 1.51. The van der Waals surface area contributed by atoms with Crippen LogP contribution in [-0.4, -0.2) is 17.6 Å². The van der Waals surface area contributed by atoms with Gasteiger partial charge in [0, 0.05) is 11.8 Å². The van der Waals surface area contributed by atoms with Crippen molar-refractivity contribution < 1.29 is 9.53 Å². The summed E-state index contributed by atoms with van der Waals surface area (Å²) in [4.78, 5) is 12.2. The third-order valence-electron chi connectivity index (χ3n) is 4.01. The third-order valence-corrected chi connectivity index (χ3v) is 4.01. The van der Waals surface area contributed by atoms with Gasteiger partial charge in [0.05, 0.1) is 35.7 Å². The highest BCUT2D eigenvalue weighted by molar-refractivity contribution is 5.96. The van der Waals surface area contributed by atoms with Gasteiger partial charge in [-0.2, -0.15) is 10.5 Å². The number of carbonyl (C=O) groups is 1. The molecule has 3 aromatic rings. The topological polar surface area (TPSA) is 105 Å². The van der Waals surface area contributed by atoms with E-state index in [2.05, 4.69) is 6.07 Å². The minimum atomic E-state index is -0.635. The van der Waals surface area contributed by atoms with Crippen molar-refractivity contribution in [2.45, 2.75) is 0 Å². The smallest absolute Gasteiger partial charge is 0.357 e. The van der Waals surface area contributed by atoms with Gasteiger partial charge in [0.25, 0.3) is 0 Å². The van der Waals surface area contributed by atoms with E-state index in [0.717, 1.165) is 11.1 Å². The lowest BCUT2D eigenvalue weighted by Crippen LogP contribution is -2.11. The monoisotopic (exact) mass is 342 g/mol. The molecule has 1 aromatic heterocycles. The molecular formula is C20H14N4O2. The quantitative estimate of drug-likeness (QED) is 0.736. The van der Waals surface area contributed by atoms with Crippen molar-refractivity contribution in [3.63, 3.8) is 0 Å². The first-order chi connectivity index (χ1) is 12.6. The first-order valence-corrected chi connectivity index (χ1v) is 7.70. The first kappa shape index (κ1) is 16.8. The number of para-hydroxylation sites is 1. The Bertz CT molecular complexity index is 1080. The van der Waals surface area contributed by atoms with E-state index >= 15 is 0 Å². The van der Waals surface area contributed by atoms with Crippen LogP contribution in [0.2, 0.25) is 0 Å². The average molecular weight is 342 g/mol. The lowest BCUT2D eigenvalue weighted by atomic mass is 10.0. The Hall–Kier alpha value is -4.03. The molecule has 0 spiro atoms. The summed E-state index contributed by atoms with van der Waals surface area (Å²) in [5.74, 6) is -0.635. The molecule has 2 N–H and O–H groups in total. The number of esters is 1. The molecule has 0 aliphatic carbocycles. The normalized spacial score (nSPS) is 9.96. The number of nitrogens with two attached hydrogens (primary N) is 1. The Morgan fingerprint density at radius 2 is 1.88 bits per heavy atom. The van der Waals surface area contributed by atoms with E-state index in [0.29, 0.717) is 11.3 Å². The maximum absolute atomic E-state index is 12.2. The third kappa shape index (κ3) is 2.77. The first-order valence-electron chi connectivity index (χ1n) is 7.70. The fourth-order valence-electron chi connectivity index (χ4n) is 2.79. The van der Waals surface area contributed by atoms with Crippen molar-refractivity contribution >= 4 is 11.7 Å². The maximum atomic E-state index is 12.2. The molecular weight excluding hydrogens is 328 g/mol. The summed E-state index contributed by atoms with van der Waals surface area (Å²) in [7, 11) is 1.26. The maximum Gasteiger partial charge on any atom is 0.357 e. The molecule has 0 aliphatic heterocycles. The van der Waals surface area contributed by atoms with Crippen molar-refractivity contribution in [3.05, 3.63) is 71.5 Å². The van der Waals surface area contributed by atoms with Crippen molar-refractivity contribution in [3.8, 4) is 29.0 Å². The van der Waals surface area contributed by atoms with E-state index in [4.69, 9.17) is 15.7 Å². The van der Waals surface area contributed by atoms with E-state index in [1.54, 1.807) is 28.8 Å². The van der Waals surface area contributed by atoms with Gasteiger partial charge >= 0.3 is 5.97 Å². The van der Waals surface area contributed by atoms with Gasteiger partial charge in [-0.15, -0.1) is 0 Å². The molecule has 1 heterocycles. The molecule has 0 saturated carbocycles. The molecule has 6 heteroatoms. The standard InChI is InChI=1S/C20H14N4O2/c1-26-20(25)19-18(23)15(11-22)12-24(19)17-8-3-2-7-16(17)14-6-4-5-13(9-14)10-21/h2-9,12H,23H2,1H3. The van der Waals surface area contributed by atoms with Crippen molar-refractivity contribution in [1.29, 1.82) is 10.5 Å². The number of aromatic nitrogens is 1. The van der Waals surface area contributed by atoms with Gasteiger partial charge < -0.3 is 15.0 Å². The molecule has 0 amide bonds. The Morgan fingerprint density at radius 1 is 1.12 bits per heavy atom. The lowest BCUT2D eigenvalue weighted by Gasteiger charge is -2.14. The molecule has 126 valence electrons. The van der Waals surface area contributed by atoms with E-state index in [9.17, 15) is 10.1 Å². The number of carbonyl (C=O) groups excluding carboxylic acids is 1. The second-order valence-electron chi connectivity index (χ2n) is 5.49. The molecule has 0 bridgehead atoms. The Balaban J connectivity index is 2.29. The zero-order chi connectivity index (χ0) is 18.7. The summed E-state index contributed by atoms with van der Waals surface area (Å²) < 4.78 is 6.38. The SMILES string of the molecule is COC(=O)c1c(N)c(C#N)cn1-c1ccccc1-c1cccc(C#N)c1. The number of ether oxygens (including phenoxy) is 1. The molecule has 0 unspecified atom stereocenters. The number of hydrogen-bond donors (Lipinski definition) is 1. The molecule has 2 aromatic carbocycles. The zero-order valence-corrected chi connectivity index (χ0v) is 13.9. The molecule has 3 rings (SSSR count). The van der Waals surface area contributed by atoms with Crippen LogP contribution in [0, 0.1) is 22.7 Å².